The highest BCUT2D eigenvalue weighted by Crippen LogP contribution is 2.35. The van der Waals surface area contributed by atoms with E-state index in [1.807, 2.05) is 0 Å². The van der Waals surface area contributed by atoms with Gasteiger partial charge in [-0.25, -0.2) is 4.39 Å². The zero-order valence-electron chi connectivity index (χ0n) is 17.2. The molecule has 3 aromatic rings. The smallest absolute Gasteiger partial charge is 0.418 e. The van der Waals surface area contributed by atoms with Gasteiger partial charge in [0.15, 0.2) is 23.8 Å². The molecular formula is C23H20F4N2O3. The van der Waals surface area contributed by atoms with E-state index in [1.54, 1.807) is 26.0 Å². The fourth-order valence-electron chi connectivity index (χ4n) is 3.23. The first-order valence-corrected chi connectivity index (χ1v) is 9.70. The summed E-state index contributed by atoms with van der Waals surface area (Å²) >= 11 is 0. The van der Waals surface area contributed by atoms with Gasteiger partial charge in [-0.15, -0.1) is 0 Å². The maximum Gasteiger partial charge on any atom is 0.418 e. The number of aliphatic hydroxyl groups is 1. The number of ketones is 1. The number of Topliss-reactive ketones (excluding diaryl/α,β-unsaturated/α-hetero) is 1. The molecule has 1 unspecified atom stereocenters. The molecule has 0 fully saturated rings. The molecule has 168 valence electrons. The molecule has 0 saturated heterocycles. The lowest BCUT2D eigenvalue weighted by Crippen LogP contribution is -2.30. The molecule has 0 saturated carbocycles. The normalized spacial score (nSPS) is 13.6. The van der Waals surface area contributed by atoms with Gasteiger partial charge in [-0.2, -0.15) is 17.9 Å². The van der Waals surface area contributed by atoms with Gasteiger partial charge in [0.1, 0.15) is 5.82 Å². The second kappa shape index (κ2) is 9.04. The minimum atomic E-state index is -4.94. The molecule has 2 aromatic heterocycles. The molecule has 3 rings (SSSR count). The van der Waals surface area contributed by atoms with Gasteiger partial charge in [0.25, 0.3) is 0 Å². The highest BCUT2D eigenvalue weighted by atomic mass is 19.4. The van der Waals surface area contributed by atoms with E-state index in [9.17, 15) is 32.7 Å². The lowest BCUT2D eigenvalue weighted by atomic mass is 9.91. The number of rotatable bonds is 6. The van der Waals surface area contributed by atoms with Crippen LogP contribution in [0.4, 0.5) is 17.6 Å². The summed E-state index contributed by atoms with van der Waals surface area (Å²) in [6.45, 7) is 3.36. The number of aliphatic hydroxyl groups excluding tert-OH is 1. The third kappa shape index (κ3) is 5.28. The molecule has 0 radical (unpaired) electrons. The van der Waals surface area contributed by atoms with Crippen LogP contribution in [-0.2, 0) is 0 Å². The summed E-state index contributed by atoms with van der Waals surface area (Å²) in [5.74, 6) is -1.49. The van der Waals surface area contributed by atoms with Crippen molar-refractivity contribution in [2.75, 3.05) is 0 Å². The van der Waals surface area contributed by atoms with Crippen molar-refractivity contribution in [1.82, 2.24) is 4.98 Å². The van der Waals surface area contributed by atoms with Gasteiger partial charge in [-0.05, 0) is 47.9 Å². The number of pyridine rings is 2. The summed E-state index contributed by atoms with van der Waals surface area (Å²) < 4.78 is 53.3. The van der Waals surface area contributed by atoms with E-state index in [0.717, 1.165) is 24.4 Å². The Morgan fingerprint density at radius 2 is 1.88 bits per heavy atom. The van der Waals surface area contributed by atoms with E-state index in [2.05, 4.69) is 4.98 Å². The quantitative estimate of drug-likeness (QED) is 0.254. The molecule has 0 aliphatic rings. The zero-order chi connectivity index (χ0) is 23.6. The van der Waals surface area contributed by atoms with Crippen LogP contribution in [-0.4, -0.2) is 22.1 Å². The first-order valence-electron chi connectivity index (χ1n) is 9.70. The fourth-order valence-corrected chi connectivity index (χ4v) is 3.23. The maximum atomic E-state index is 13.2. The number of halogens is 4. The van der Waals surface area contributed by atoms with Crippen molar-refractivity contribution < 1.29 is 32.2 Å². The number of hydrogen-bond acceptors (Lipinski definition) is 4. The van der Waals surface area contributed by atoms with Crippen LogP contribution < -0.4 is 4.73 Å². The average Bonchev–Trinajstić information content (AvgIpc) is 2.74. The predicted molar refractivity (Wildman–Crippen MR) is 108 cm³/mol. The number of benzene rings is 1. The first kappa shape index (κ1) is 23.3. The summed E-state index contributed by atoms with van der Waals surface area (Å²) in [4.78, 5) is 16.8. The molecule has 2 atom stereocenters. The van der Waals surface area contributed by atoms with Crippen LogP contribution in [0.5, 0.6) is 0 Å². The lowest BCUT2D eigenvalue weighted by molar-refractivity contribution is -0.612. The summed E-state index contributed by atoms with van der Waals surface area (Å²) in [5, 5.41) is 21.5. The molecule has 2 heterocycles. The molecular weight excluding hydrogens is 428 g/mol. The molecule has 32 heavy (non-hydrogen) atoms. The summed E-state index contributed by atoms with van der Waals surface area (Å²) in [7, 11) is 0. The number of alkyl halides is 3. The Hall–Kier alpha value is -3.33. The van der Waals surface area contributed by atoms with Crippen LogP contribution >= 0.6 is 0 Å². The standard InChI is InChI=1S/C23H20F4N2O3/c1-13(15-4-3-14(2)29(32)12-15)7-21(30)17-8-16(20-6-5-19(24)11-28-20)9-18(10-17)22(31)23(25,26)27/h3-6,8-13,22,31H,7H2,1-2H3/t13-,22?/m0/s1. The number of carbonyl (C=O) groups is 1. The number of carbonyl (C=O) groups excluding carboxylic acids is 1. The fraction of sp³-hybridized carbons (Fsp3) is 0.261. The third-order valence-electron chi connectivity index (χ3n) is 5.12. The number of aryl methyl sites for hydroxylation is 1. The third-order valence-corrected chi connectivity index (χ3v) is 5.12. The molecule has 1 N–H and O–H groups in total. The van der Waals surface area contributed by atoms with Crippen LogP contribution in [0.3, 0.4) is 0 Å². The maximum absolute atomic E-state index is 13.2. The summed E-state index contributed by atoms with van der Waals surface area (Å²) in [5.41, 5.74) is 0.791. The van der Waals surface area contributed by atoms with Crippen LogP contribution in [0.15, 0.2) is 54.9 Å². The van der Waals surface area contributed by atoms with Crippen molar-refractivity contribution in [2.45, 2.75) is 38.5 Å². The van der Waals surface area contributed by atoms with Gasteiger partial charge in [-0.3, -0.25) is 9.78 Å². The monoisotopic (exact) mass is 448 g/mol. The Morgan fingerprint density at radius 1 is 1.16 bits per heavy atom. The Kier molecular flexibility index (Phi) is 6.59. The largest absolute Gasteiger partial charge is 0.619 e. The highest BCUT2D eigenvalue weighted by Gasteiger charge is 2.39. The molecule has 0 bridgehead atoms. The topological polar surface area (TPSA) is 77.1 Å². The summed E-state index contributed by atoms with van der Waals surface area (Å²) in [6, 6.07) is 9.09. The number of hydrogen-bond donors (Lipinski definition) is 1. The van der Waals surface area contributed by atoms with Gasteiger partial charge < -0.3 is 10.3 Å². The van der Waals surface area contributed by atoms with Crippen LogP contribution in [0.25, 0.3) is 11.3 Å². The SMILES string of the molecule is Cc1ccc([C@@H](C)CC(=O)c2cc(-c3ccc(F)cn3)cc(C(O)C(F)(F)F)c2)c[n+]1[O-]. The molecule has 0 aliphatic heterocycles. The molecule has 9 heteroatoms. The molecule has 0 amide bonds. The van der Waals surface area contributed by atoms with Crippen molar-refractivity contribution in [3.63, 3.8) is 0 Å². The minimum absolute atomic E-state index is 0.0547. The zero-order valence-corrected chi connectivity index (χ0v) is 17.2. The van der Waals surface area contributed by atoms with Crippen molar-refractivity contribution in [1.29, 1.82) is 0 Å². The van der Waals surface area contributed by atoms with Crippen molar-refractivity contribution >= 4 is 5.78 Å². The van der Waals surface area contributed by atoms with Gasteiger partial charge in [0.05, 0.1) is 11.9 Å². The Morgan fingerprint density at radius 3 is 2.47 bits per heavy atom. The summed E-state index contributed by atoms with van der Waals surface area (Å²) in [6.07, 6.45) is -5.56. The highest BCUT2D eigenvalue weighted by molar-refractivity contribution is 5.97. The molecule has 1 aromatic carbocycles. The van der Waals surface area contributed by atoms with E-state index in [0.29, 0.717) is 16.0 Å². The minimum Gasteiger partial charge on any atom is -0.619 e. The number of nitrogens with zero attached hydrogens (tertiary/aromatic N) is 2. The van der Waals surface area contributed by atoms with E-state index < -0.39 is 29.4 Å². The van der Waals surface area contributed by atoms with E-state index in [-0.39, 0.29) is 29.2 Å². The van der Waals surface area contributed by atoms with E-state index in [4.69, 9.17) is 0 Å². The Bertz CT molecular complexity index is 1130. The van der Waals surface area contributed by atoms with Crippen LogP contribution in [0.1, 0.15) is 52.5 Å². The van der Waals surface area contributed by atoms with Crippen molar-refractivity contribution in [3.8, 4) is 11.3 Å². The van der Waals surface area contributed by atoms with Crippen molar-refractivity contribution in [3.05, 3.63) is 88.3 Å². The van der Waals surface area contributed by atoms with Crippen LogP contribution in [0.2, 0.25) is 0 Å². The van der Waals surface area contributed by atoms with Gasteiger partial charge in [0, 0.05) is 36.1 Å². The second-order valence-corrected chi connectivity index (χ2v) is 7.61. The Balaban J connectivity index is 1.97. The lowest BCUT2D eigenvalue weighted by Gasteiger charge is -2.18. The van der Waals surface area contributed by atoms with Crippen LogP contribution in [0, 0.1) is 17.9 Å². The predicted octanol–water partition coefficient (Wildman–Crippen LogP) is 4.80. The average molecular weight is 448 g/mol. The first-order chi connectivity index (χ1) is 15.0. The van der Waals surface area contributed by atoms with E-state index in [1.165, 1.54) is 18.3 Å². The van der Waals surface area contributed by atoms with Crippen molar-refractivity contribution in [2.24, 2.45) is 0 Å². The van der Waals surface area contributed by atoms with Gasteiger partial charge >= 0.3 is 6.18 Å². The number of aromatic nitrogens is 2. The van der Waals surface area contributed by atoms with E-state index >= 15 is 0 Å². The molecule has 0 aliphatic carbocycles. The van der Waals surface area contributed by atoms with Gasteiger partial charge in [0.2, 0.25) is 0 Å². The second-order valence-electron chi connectivity index (χ2n) is 7.61. The Labute approximate surface area is 181 Å². The van der Waals surface area contributed by atoms with Gasteiger partial charge in [-0.1, -0.05) is 6.92 Å². The molecule has 5 nitrogen and oxygen atoms in total. The molecule has 0 spiro atoms.